The molecule has 0 aromatic rings. The van der Waals surface area contributed by atoms with Gasteiger partial charge in [-0.1, -0.05) is 25.7 Å². The van der Waals surface area contributed by atoms with Crippen molar-refractivity contribution in [3.05, 3.63) is 0 Å². The van der Waals surface area contributed by atoms with Crippen molar-refractivity contribution in [3.63, 3.8) is 0 Å². The predicted molar refractivity (Wildman–Crippen MR) is 63.0 cm³/mol. The van der Waals surface area contributed by atoms with Gasteiger partial charge >= 0.3 is 0 Å². The van der Waals surface area contributed by atoms with E-state index in [4.69, 9.17) is 0 Å². The van der Waals surface area contributed by atoms with Crippen molar-refractivity contribution in [1.29, 1.82) is 0 Å². The number of hydrogen-bond acceptors (Lipinski definition) is 2. The van der Waals surface area contributed by atoms with Gasteiger partial charge in [-0.15, -0.1) is 0 Å². The highest BCUT2D eigenvalue weighted by Gasteiger charge is 2.26. The Balaban J connectivity index is 1.77. The lowest BCUT2D eigenvalue weighted by atomic mass is 9.96. The van der Waals surface area contributed by atoms with Gasteiger partial charge in [0.15, 0.2) is 0 Å². The fraction of sp³-hybridized carbons (Fsp3) is 0.923. The van der Waals surface area contributed by atoms with Crippen LogP contribution in [0, 0.1) is 5.92 Å². The Bertz CT molecular complexity index is 234. The summed E-state index contributed by atoms with van der Waals surface area (Å²) in [5, 5.41) is 9.41. The third-order valence-corrected chi connectivity index (χ3v) is 3.95. The number of amides is 1. The molecule has 1 aliphatic carbocycles. The molecule has 0 unspecified atom stereocenters. The highest BCUT2D eigenvalue weighted by Crippen LogP contribution is 2.26. The largest absolute Gasteiger partial charge is 0.391 e. The van der Waals surface area contributed by atoms with Crippen molar-refractivity contribution in [1.82, 2.24) is 4.90 Å². The molecule has 92 valence electrons. The Morgan fingerprint density at radius 2 is 1.81 bits per heavy atom. The molecule has 16 heavy (non-hydrogen) atoms. The SMILES string of the molecule is O=C(CC1CCCCCC1)N1CC[C@@H](O)C1. The van der Waals surface area contributed by atoms with Gasteiger partial charge in [0.1, 0.15) is 0 Å². The van der Waals surface area contributed by atoms with E-state index >= 15 is 0 Å². The highest BCUT2D eigenvalue weighted by atomic mass is 16.3. The van der Waals surface area contributed by atoms with E-state index in [0.717, 1.165) is 13.0 Å². The van der Waals surface area contributed by atoms with Gasteiger partial charge < -0.3 is 10.0 Å². The standard InChI is InChI=1S/C13H23NO2/c15-12-7-8-14(10-12)13(16)9-11-5-3-1-2-4-6-11/h11-12,15H,1-10H2/t12-/m1/s1. The first-order valence-corrected chi connectivity index (χ1v) is 6.71. The summed E-state index contributed by atoms with van der Waals surface area (Å²) in [6.07, 6.45) is 8.91. The summed E-state index contributed by atoms with van der Waals surface area (Å²) in [4.78, 5) is 13.8. The highest BCUT2D eigenvalue weighted by molar-refractivity contribution is 5.76. The van der Waals surface area contributed by atoms with E-state index in [1.165, 1.54) is 38.5 Å². The van der Waals surface area contributed by atoms with Crippen molar-refractivity contribution in [2.45, 2.75) is 57.5 Å². The van der Waals surface area contributed by atoms with Gasteiger partial charge in [-0.3, -0.25) is 4.79 Å². The summed E-state index contributed by atoms with van der Waals surface area (Å²) in [6, 6.07) is 0. The molecule has 1 heterocycles. The van der Waals surface area contributed by atoms with Crippen LogP contribution in [0.15, 0.2) is 0 Å². The average Bonchev–Trinajstić information content (AvgIpc) is 2.54. The van der Waals surface area contributed by atoms with Gasteiger partial charge in [-0.25, -0.2) is 0 Å². The van der Waals surface area contributed by atoms with E-state index in [1.54, 1.807) is 0 Å². The maximum absolute atomic E-state index is 12.0. The lowest BCUT2D eigenvalue weighted by Gasteiger charge is -2.19. The van der Waals surface area contributed by atoms with E-state index in [2.05, 4.69) is 0 Å². The zero-order chi connectivity index (χ0) is 11.4. The first kappa shape index (κ1) is 11.9. The maximum atomic E-state index is 12.0. The summed E-state index contributed by atoms with van der Waals surface area (Å²) in [5.41, 5.74) is 0. The molecule has 1 N–H and O–H groups in total. The first-order chi connectivity index (χ1) is 7.75. The molecule has 1 saturated carbocycles. The Morgan fingerprint density at radius 1 is 1.12 bits per heavy atom. The molecule has 0 aromatic heterocycles. The second-order valence-electron chi connectivity index (χ2n) is 5.34. The van der Waals surface area contributed by atoms with Crippen LogP contribution < -0.4 is 0 Å². The summed E-state index contributed by atoms with van der Waals surface area (Å²) in [5.74, 6) is 0.871. The molecule has 0 radical (unpaired) electrons. The molecule has 1 amide bonds. The maximum Gasteiger partial charge on any atom is 0.222 e. The zero-order valence-corrected chi connectivity index (χ0v) is 10.0. The molecule has 0 bridgehead atoms. The molecule has 1 saturated heterocycles. The van der Waals surface area contributed by atoms with Gasteiger partial charge in [0, 0.05) is 19.5 Å². The average molecular weight is 225 g/mol. The third-order valence-electron chi connectivity index (χ3n) is 3.95. The molecule has 2 rings (SSSR count). The van der Waals surface area contributed by atoms with Crippen LogP contribution in [0.5, 0.6) is 0 Å². The van der Waals surface area contributed by atoms with E-state index in [-0.39, 0.29) is 12.0 Å². The number of aliphatic hydroxyl groups is 1. The van der Waals surface area contributed by atoms with Crippen LogP contribution in [-0.4, -0.2) is 35.1 Å². The molecule has 0 spiro atoms. The fourth-order valence-corrected chi connectivity index (χ4v) is 2.91. The minimum atomic E-state index is -0.280. The predicted octanol–water partition coefficient (Wildman–Crippen LogP) is 1.94. The van der Waals surface area contributed by atoms with E-state index in [9.17, 15) is 9.90 Å². The molecule has 1 aliphatic heterocycles. The number of rotatable bonds is 2. The van der Waals surface area contributed by atoms with Crippen LogP contribution in [0.25, 0.3) is 0 Å². The summed E-state index contributed by atoms with van der Waals surface area (Å²) in [7, 11) is 0. The molecule has 2 aliphatic rings. The van der Waals surface area contributed by atoms with Crippen molar-refractivity contribution >= 4 is 5.91 Å². The molecular formula is C13H23NO2. The number of hydrogen-bond donors (Lipinski definition) is 1. The van der Waals surface area contributed by atoms with Gasteiger partial charge in [-0.05, 0) is 25.2 Å². The van der Waals surface area contributed by atoms with Crippen LogP contribution in [0.1, 0.15) is 51.4 Å². The molecule has 2 fully saturated rings. The number of likely N-dealkylation sites (tertiary alicyclic amines) is 1. The third kappa shape index (κ3) is 3.21. The number of β-amino-alcohol motifs (C(OH)–C–C–N with tert-alkyl or cyclic N) is 1. The smallest absolute Gasteiger partial charge is 0.222 e. The Labute approximate surface area is 97.8 Å². The topological polar surface area (TPSA) is 40.5 Å². The van der Waals surface area contributed by atoms with Crippen LogP contribution in [-0.2, 0) is 4.79 Å². The molecular weight excluding hydrogens is 202 g/mol. The molecule has 3 nitrogen and oxygen atoms in total. The van der Waals surface area contributed by atoms with Crippen LogP contribution in [0.3, 0.4) is 0 Å². The Morgan fingerprint density at radius 3 is 2.38 bits per heavy atom. The minimum absolute atomic E-state index is 0.267. The van der Waals surface area contributed by atoms with Crippen molar-refractivity contribution in [3.8, 4) is 0 Å². The van der Waals surface area contributed by atoms with E-state index in [1.807, 2.05) is 4.90 Å². The quantitative estimate of drug-likeness (QED) is 0.730. The van der Waals surface area contributed by atoms with Crippen LogP contribution >= 0.6 is 0 Å². The zero-order valence-electron chi connectivity index (χ0n) is 10.0. The van der Waals surface area contributed by atoms with Crippen molar-refractivity contribution in [2.24, 2.45) is 5.92 Å². The Hall–Kier alpha value is -0.570. The fourth-order valence-electron chi connectivity index (χ4n) is 2.91. The minimum Gasteiger partial charge on any atom is -0.391 e. The summed E-state index contributed by atoms with van der Waals surface area (Å²) in [6.45, 7) is 1.32. The van der Waals surface area contributed by atoms with E-state index in [0.29, 0.717) is 18.9 Å². The normalized spacial score (nSPS) is 28.1. The van der Waals surface area contributed by atoms with Crippen molar-refractivity contribution in [2.75, 3.05) is 13.1 Å². The summed E-state index contributed by atoms with van der Waals surface area (Å²) >= 11 is 0. The van der Waals surface area contributed by atoms with E-state index < -0.39 is 0 Å². The van der Waals surface area contributed by atoms with Gasteiger partial charge in [-0.2, -0.15) is 0 Å². The second kappa shape index (κ2) is 5.67. The molecule has 3 heteroatoms. The second-order valence-corrected chi connectivity index (χ2v) is 5.34. The number of carbonyl (C=O) groups excluding carboxylic acids is 1. The number of aliphatic hydroxyl groups excluding tert-OH is 1. The molecule has 0 aromatic carbocycles. The Kier molecular flexibility index (Phi) is 4.22. The monoisotopic (exact) mass is 225 g/mol. The van der Waals surface area contributed by atoms with Crippen LogP contribution in [0.4, 0.5) is 0 Å². The lowest BCUT2D eigenvalue weighted by Crippen LogP contribution is -2.30. The van der Waals surface area contributed by atoms with Gasteiger partial charge in [0.2, 0.25) is 5.91 Å². The van der Waals surface area contributed by atoms with Gasteiger partial charge in [0.05, 0.1) is 6.10 Å². The number of carbonyl (C=O) groups is 1. The van der Waals surface area contributed by atoms with Crippen molar-refractivity contribution < 1.29 is 9.90 Å². The van der Waals surface area contributed by atoms with Crippen LogP contribution in [0.2, 0.25) is 0 Å². The van der Waals surface area contributed by atoms with Gasteiger partial charge in [0.25, 0.3) is 0 Å². The first-order valence-electron chi connectivity index (χ1n) is 6.71. The lowest BCUT2D eigenvalue weighted by molar-refractivity contribution is -0.131. The number of nitrogens with zero attached hydrogens (tertiary/aromatic N) is 1. The summed E-state index contributed by atoms with van der Waals surface area (Å²) < 4.78 is 0. The molecule has 1 atom stereocenters.